The fourth-order valence-corrected chi connectivity index (χ4v) is 5.13. The molecular formula is C33H37N3O6. The van der Waals surface area contributed by atoms with E-state index in [1.54, 1.807) is 54.8 Å². The standard InChI is InChI=1S/C33H37N3O6/c1-22(37)35-28(21-23-12-8-6-9-13-23)30(38)36(29(35)25-14-10-7-11-15-25)26-18-16-24(17-19-26)20-27(31(39)41-5)34-32(40)42-33(2,3)4/h6-19,27-29H,20-21H2,1-5H3,(H,34,40)/t27-,28+,29?/m0/s1. The quantitative estimate of drug-likeness (QED) is 0.390. The third kappa shape index (κ3) is 7.15. The molecule has 0 aromatic heterocycles. The van der Waals surface area contributed by atoms with Crippen LogP contribution in [0.2, 0.25) is 0 Å². The molecule has 3 aromatic carbocycles. The van der Waals surface area contributed by atoms with Gasteiger partial charge in [-0.25, -0.2) is 9.59 Å². The van der Waals surface area contributed by atoms with Gasteiger partial charge in [0.25, 0.3) is 5.91 Å². The molecule has 1 N–H and O–H groups in total. The van der Waals surface area contributed by atoms with E-state index in [1.165, 1.54) is 14.0 Å². The lowest BCUT2D eigenvalue weighted by molar-refractivity contribution is -0.143. The zero-order valence-corrected chi connectivity index (χ0v) is 24.6. The number of benzene rings is 3. The van der Waals surface area contributed by atoms with E-state index in [1.807, 2.05) is 60.7 Å². The first-order chi connectivity index (χ1) is 20.0. The van der Waals surface area contributed by atoms with E-state index in [0.717, 1.165) is 16.7 Å². The van der Waals surface area contributed by atoms with Gasteiger partial charge in [0.05, 0.1) is 7.11 Å². The van der Waals surface area contributed by atoms with Crippen molar-refractivity contribution in [3.05, 3.63) is 102 Å². The van der Waals surface area contributed by atoms with Gasteiger partial charge in [-0.15, -0.1) is 0 Å². The molecule has 0 radical (unpaired) electrons. The fraction of sp³-hybridized carbons (Fsp3) is 0.333. The highest BCUT2D eigenvalue weighted by Gasteiger charge is 2.48. The van der Waals surface area contributed by atoms with Crippen LogP contribution in [0.5, 0.6) is 0 Å². The fourth-order valence-electron chi connectivity index (χ4n) is 5.13. The van der Waals surface area contributed by atoms with E-state index in [-0.39, 0.29) is 18.2 Å². The van der Waals surface area contributed by atoms with Gasteiger partial charge >= 0.3 is 12.1 Å². The second-order valence-electron chi connectivity index (χ2n) is 11.2. The molecule has 3 amide bonds. The largest absolute Gasteiger partial charge is 0.467 e. The Labute approximate surface area is 246 Å². The number of nitrogens with zero attached hydrogens (tertiary/aromatic N) is 2. The van der Waals surface area contributed by atoms with Gasteiger partial charge in [0.2, 0.25) is 5.91 Å². The van der Waals surface area contributed by atoms with Crippen molar-refractivity contribution in [3.8, 4) is 0 Å². The van der Waals surface area contributed by atoms with Gasteiger partial charge in [0.1, 0.15) is 23.9 Å². The van der Waals surface area contributed by atoms with Crippen LogP contribution in [-0.4, -0.2) is 53.6 Å². The van der Waals surface area contributed by atoms with Crippen molar-refractivity contribution < 1.29 is 28.7 Å². The molecular weight excluding hydrogens is 534 g/mol. The highest BCUT2D eigenvalue weighted by Crippen LogP contribution is 2.39. The van der Waals surface area contributed by atoms with Gasteiger partial charge < -0.3 is 19.7 Å². The summed E-state index contributed by atoms with van der Waals surface area (Å²) in [5.74, 6) is -0.995. The number of rotatable bonds is 8. The highest BCUT2D eigenvalue weighted by atomic mass is 16.6. The first-order valence-corrected chi connectivity index (χ1v) is 13.9. The number of hydrogen-bond acceptors (Lipinski definition) is 6. The topological polar surface area (TPSA) is 105 Å². The Morgan fingerprint density at radius 1 is 0.881 bits per heavy atom. The van der Waals surface area contributed by atoms with Gasteiger partial charge in [-0.1, -0.05) is 72.8 Å². The Morgan fingerprint density at radius 3 is 2.02 bits per heavy atom. The Morgan fingerprint density at radius 2 is 1.48 bits per heavy atom. The zero-order chi connectivity index (χ0) is 30.4. The van der Waals surface area contributed by atoms with Crippen LogP contribution < -0.4 is 10.2 Å². The van der Waals surface area contributed by atoms with E-state index in [4.69, 9.17) is 9.47 Å². The minimum Gasteiger partial charge on any atom is -0.467 e. The van der Waals surface area contributed by atoms with Crippen LogP contribution in [0.1, 0.15) is 50.6 Å². The zero-order valence-electron chi connectivity index (χ0n) is 24.6. The predicted molar refractivity (Wildman–Crippen MR) is 158 cm³/mol. The van der Waals surface area contributed by atoms with Crippen molar-refractivity contribution in [1.82, 2.24) is 10.2 Å². The molecule has 1 aliphatic heterocycles. The third-order valence-corrected chi connectivity index (χ3v) is 6.93. The molecule has 0 saturated carbocycles. The van der Waals surface area contributed by atoms with Crippen LogP contribution in [0.15, 0.2) is 84.9 Å². The summed E-state index contributed by atoms with van der Waals surface area (Å²) in [5.41, 5.74) is 2.38. The smallest absolute Gasteiger partial charge is 0.408 e. The van der Waals surface area contributed by atoms with Crippen LogP contribution in [-0.2, 0) is 36.7 Å². The molecule has 0 spiro atoms. The molecule has 1 fully saturated rings. The first-order valence-electron chi connectivity index (χ1n) is 13.9. The number of carbonyl (C=O) groups excluding carboxylic acids is 4. The average Bonchev–Trinajstić information content (AvgIpc) is 3.24. The van der Waals surface area contributed by atoms with Crippen LogP contribution in [0, 0.1) is 0 Å². The van der Waals surface area contributed by atoms with E-state index in [9.17, 15) is 19.2 Å². The monoisotopic (exact) mass is 571 g/mol. The van der Waals surface area contributed by atoms with Gasteiger partial charge in [0, 0.05) is 25.5 Å². The number of alkyl carbamates (subject to hydrolysis) is 1. The second-order valence-corrected chi connectivity index (χ2v) is 11.2. The Kier molecular flexibility index (Phi) is 9.30. The third-order valence-electron chi connectivity index (χ3n) is 6.93. The minimum absolute atomic E-state index is 0.151. The van der Waals surface area contributed by atoms with Crippen molar-refractivity contribution in [1.29, 1.82) is 0 Å². The van der Waals surface area contributed by atoms with Crippen molar-refractivity contribution in [2.45, 2.75) is 64.4 Å². The summed E-state index contributed by atoms with van der Waals surface area (Å²) in [6.45, 7) is 6.69. The van der Waals surface area contributed by atoms with Gasteiger partial charge in [-0.2, -0.15) is 0 Å². The lowest BCUT2D eigenvalue weighted by Crippen LogP contribution is -2.45. The number of esters is 1. The molecule has 0 aliphatic carbocycles. The lowest BCUT2D eigenvalue weighted by atomic mass is 10.0. The number of methoxy groups -OCH3 is 1. The molecule has 1 heterocycles. The molecule has 1 aliphatic rings. The molecule has 220 valence electrons. The van der Waals surface area contributed by atoms with Crippen LogP contribution in [0.3, 0.4) is 0 Å². The molecule has 3 aromatic rings. The van der Waals surface area contributed by atoms with Gasteiger partial charge in [-0.05, 0) is 49.6 Å². The van der Waals surface area contributed by atoms with Crippen molar-refractivity contribution in [3.63, 3.8) is 0 Å². The first kappa shape index (κ1) is 30.3. The van der Waals surface area contributed by atoms with Crippen LogP contribution in [0.25, 0.3) is 0 Å². The molecule has 42 heavy (non-hydrogen) atoms. The summed E-state index contributed by atoms with van der Waals surface area (Å²) in [6.07, 6.45) is -0.823. The van der Waals surface area contributed by atoms with Gasteiger partial charge in [-0.3, -0.25) is 14.5 Å². The van der Waals surface area contributed by atoms with Crippen molar-refractivity contribution in [2.75, 3.05) is 12.0 Å². The predicted octanol–water partition coefficient (Wildman–Crippen LogP) is 4.80. The highest BCUT2D eigenvalue weighted by molar-refractivity contribution is 6.03. The summed E-state index contributed by atoms with van der Waals surface area (Å²) in [6, 6.07) is 24.6. The van der Waals surface area contributed by atoms with Crippen LogP contribution in [0.4, 0.5) is 10.5 Å². The number of nitrogens with one attached hydrogen (secondary N) is 1. The van der Waals surface area contributed by atoms with E-state index < -0.39 is 35.9 Å². The summed E-state index contributed by atoms with van der Waals surface area (Å²) in [4.78, 5) is 55.2. The molecule has 9 heteroatoms. The minimum atomic E-state index is -0.968. The van der Waals surface area contributed by atoms with Crippen molar-refractivity contribution >= 4 is 29.6 Å². The SMILES string of the molecule is COC(=O)[C@H](Cc1ccc(N2C(=O)[C@@H](Cc3ccccc3)N(C(C)=O)C2c2ccccc2)cc1)NC(=O)OC(C)(C)C. The van der Waals surface area contributed by atoms with Crippen LogP contribution >= 0.6 is 0 Å². The van der Waals surface area contributed by atoms with E-state index >= 15 is 0 Å². The molecule has 4 rings (SSSR count). The second kappa shape index (κ2) is 12.9. The maximum absolute atomic E-state index is 14.0. The summed E-state index contributed by atoms with van der Waals surface area (Å²) < 4.78 is 10.2. The number of ether oxygens (including phenoxy) is 2. The Hall–Kier alpha value is -4.66. The maximum Gasteiger partial charge on any atom is 0.408 e. The lowest BCUT2D eigenvalue weighted by Gasteiger charge is -2.31. The number of carbonyl (C=O) groups is 4. The Balaban J connectivity index is 1.64. The van der Waals surface area contributed by atoms with E-state index in [0.29, 0.717) is 12.1 Å². The molecule has 9 nitrogen and oxygen atoms in total. The Bertz CT molecular complexity index is 1400. The summed E-state index contributed by atoms with van der Waals surface area (Å²) in [5, 5.41) is 2.58. The molecule has 0 bridgehead atoms. The number of anilines is 1. The maximum atomic E-state index is 14.0. The van der Waals surface area contributed by atoms with Gasteiger partial charge in [0.15, 0.2) is 0 Å². The molecule has 1 saturated heterocycles. The molecule has 3 atom stereocenters. The summed E-state index contributed by atoms with van der Waals surface area (Å²) >= 11 is 0. The molecule has 1 unspecified atom stereocenters. The summed E-state index contributed by atoms with van der Waals surface area (Å²) in [7, 11) is 1.25. The van der Waals surface area contributed by atoms with E-state index in [2.05, 4.69) is 5.32 Å². The number of hydrogen-bond donors (Lipinski definition) is 1. The normalized spacial score (nSPS) is 17.5. The number of amides is 3. The van der Waals surface area contributed by atoms with Crippen molar-refractivity contribution in [2.24, 2.45) is 0 Å². The average molecular weight is 572 g/mol.